The summed E-state index contributed by atoms with van der Waals surface area (Å²) in [5.74, 6) is 0. The van der Waals surface area contributed by atoms with E-state index in [0.717, 1.165) is 48.4 Å². The Bertz CT molecular complexity index is 3110. The first-order valence-electron chi connectivity index (χ1n) is 17.2. The Kier molecular flexibility index (Phi) is 6.12. The Morgan fingerprint density at radius 3 is 2.00 bits per heavy atom. The van der Waals surface area contributed by atoms with Crippen molar-refractivity contribution in [2.75, 3.05) is 0 Å². The predicted molar refractivity (Wildman–Crippen MR) is 215 cm³/mol. The van der Waals surface area contributed by atoms with E-state index in [2.05, 4.69) is 168 Å². The maximum absolute atomic E-state index is 6.30. The number of nitrogens with zero attached hydrogens (tertiary/aromatic N) is 2. The molecule has 3 aromatic heterocycles. The van der Waals surface area contributed by atoms with Crippen LogP contribution in [0.4, 0.5) is 0 Å². The molecule has 4 heteroatoms. The van der Waals surface area contributed by atoms with Gasteiger partial charge in [-0.2, -0.15) is 0 Å². The third-order valence-corrected chi connectivity index (χ3v) is 11.3. The molecule has 0 bridgehead atoms. The van der Waals surface area contributed by atoms with E-state index >= 15 is 0 Å². The zero-order valence-corrected chi connectivity index (χ0v) is 28.2. The lowest BCUT2D eigenvalue weighted by atomic mass is 10.0. The topological polar surface area (TPSA) is 31.0 Å². The average Bonchev–Trinajstić information content (AvgIpc) is 3.90. The van der Waals surface area contributed by atoms with E-state index in [0.29, 0.717) is 0 Å². The first-order chi connectivity index (χ1) is 25.3. The predicted octanol–water partition coefficient (Wildman–Crippen LogP) is 13.4. The first kappa shape index (κ1) is 28.4. The third-order valence-electron chi connectivity index (χ3n) is 10.2. The molecule has 0 saturated heterocycles. The van der Waals surface area contributed by atoms with E-state index in [1.165, 1.54) is 54.8 Å². The van der Waals surface area contributed by atoms with Crippen LogP contribution in [0.1, 0.15) is 0 Å². The lowest BCUT2D eigenvalue weighted by Gasteiger charge is -2.10. The number of thiazole rings is 1. The molecule has 0 fully saturated rings. The molecule has 3 heterocycles. The molecule has 8 aromatic carbocycles. The molecule has 238 valence electrons. The van der Waals surface area contributed by atoms with Gasteiger partial charge in [0.2, 0.25) is 0 Å². The number of fused-ring (bicyclic) bond motifs is 10. The normalized spacial score (nSPS) is 11.9. The van der Waals surface area contributed by atoms with E-state index in [9.17, 15) is 0 Å². The van der Waals surface area contributed by atoms with Gasteiger partial charge in [-0.3, -0.25) is 0 Å². The van der Waals surface area contributed by atoms with Crippen molar-refractivity contribution < 1.29 is 4.42 Å². The van der Waals surface area contributed by atoms with Crippen LogP contribution in [0.15, 0.2) is 174 Å². The summed E-state index contributed by atoms with van der Waals surface area (Å²) in [5.41, 5.74) is 12.2. The molecule has 0 N–H and O–H groups in total. The van der Waals surface area contributed by atoms with Gasteiger partial charge in [0.1, 0.15) is 16.2 Å². The zero-order chi connectivity index (χ0) is 33.5. The second-order valence-corrected chi connectivity index (χ2v) is 14.2. The summed E-state index contributed by atoms with van der Waals surface area (Å²) in [6.45, 7) is 0. The average molecular weight is 669 g/mol. The quantitative estimate of drug-likeness (QED) is 0.187. The van der Waals surface area contributed by atoms with Crippen LogP contribution in [0.25, 0.3) is 103 Å². The summed E-state index contributed by atoms with van der Waals surface area (Å²) >= 11 is 1.73. The lowest BCUT2D eigenvalue weighted by Crippen LogP contribution is -1.94. The largest absolute Gasteiger partial charge is 0.456 e. The van der Waals surface area contributed by atoms with Gasteiger partial charge >= 0.3 is 0 Å². The maximum Gasteiger partial charge on any atom is 0.137 e. The van der Waals surface area contributed by atoms with Crippen LogP contribution < -0.4 is 0 Å². The van der Waals surface area contributed by atoms with Gasteiger partial charge in [0.15, 0.2) is 0 Å². The fourth-order valence-electron chi connectivity index (χ4n) is 7.80. The van der Waals surface area contributed by atoms with Crippen molar-refractivity contribution in [1.82, 2.24) is 9.55 Å². The molecule has 0 aliphatic rings. The van der Waals surface area contributed by atoms with Gasteiger partial charge in [0.05, 0.1) is 26.6 Å². The molecule has 0 aliphatic carbocycles. The highest BCUT2D eigenvalue weighted by molar-refractivity contribution is 7.21. The van der Waals surface area contributed by atoms with Gasteiger partial charge in [0.25, 0.3) is 0 Å². The molecule has 0 radical (unpaired) electrons. The van der Waals surface area contributed by atoms with Crippen molar-refractivity contribution in [2.24, 2.45) is 0 Å². The highest BCUT2D eigenvalue weighted by atomic mass is 32.1. The van der Waals surface area contributed by atoms with Crippen LogP contribution in [-0.2, 0) is 0 Å². The number of aromatic nitrogens is 2. The molecular weight excluding hydrogens is 641 g/mol. The molecule has 51 heavy (non-hydrogen) atoms. The van der Waals surface area contributed by atoms with Gasteiger partial charge in [0, 0.05) is 32.8 Å². The minimum Gasteiger partial charge on any atom is -0.456 e. The molecule has 11 rings (SSSR count). The second-order valence-electron chi connectivity index (χ2n) is 13.1. The monoisotopic (exact) mass is 668 g/mol. The van der Waals surface area contributed by atoms with Crippen molar-refractivity contribution in [2.45, 2.75) is 0 Å². The number of benzene rings is 8. The summed E-state index contributed by atoms with van der Waals surface area (Å²) < 4.78 is 9.88. The fourth-order valence-corrected chi connectivity index (χ4v) is 8.78. The molecule has 0 saturated carbocycles. The fraction of sp³-hybridized carbons (Fsp3) is 0. The van der Waals surface area contributed by atoms with Gasteiger partial charge in [-0.1, -0.05) is 127 Å². The van der Waals surface area contributed by atoms with E-state index in [1.807, 2.05) is 6.07 Å². The van der Waals surface area contributed by atoms with Crippen LogP contribution >= 0.6 is 11.3 Å². The minimum atomic E-state index is 0.867. The molecule has 0 amide bonds. The molecule has 3 nitrogen and oxygen atoms in total. The van der Waals surface area contributed by atoms with Crippen LogP contribution in [0, 0.1) is 0 Å². The maximum atomic E-state index is 6.30. The molecule has 11 aromatic rings. The number of furan rings is 1. The van der Waals surface area contributed by atoms with E-state index < -0.39 is 0 Å². The SMILES string of the molecule is c1ccc(-c2ccc3oc4ccc5sc(-c6ccc(-c7ccc8c9ccc%10ccccc%10c9n(-c9ccccc9)c8c7)cc6)nc5c4c3c2)cc1. The van der Waals surface area contributed by atoms with Crippen molar-refractivity contribution in [3.8, 4) is 38.5 Å². The van der Waals surface area contributed by atoms with Crippen LogP contribution in [0.5, 0.6) is 0 Å². The third kappa shape index (κ3) is 4.40. The standard InChI is InChI=1S/C47H28N2OS/c1-3-9-29(10-4-1)33-21-24-41-39(27-33)44-42(50-41)25-26-43-45(44)48-47(51-43)32-17-15-30(16-18-32)34-20-22-37-38-23-19-31-11-7-8-14-36(31)46(38)49(40(37)28-34)35-12-5-2-6-13-35/h1-28H. The summed E-state index contributed by atoms with van der Waals surface area (Å²) in [5, 5.41) is 8.20. The van der Waals surface area contributed by atoms with Crippen molar-refractivity contribution in [3.05, 3.63) is 170 Å². The summed E-state index contributed by atoms with van der Waals surface area (Å²) in [6.07, 6.45) is 0. The highest BCUT2D eigenvalue weighted by Gasteiger charge is 2.18. The van der Waals surface area contributed by atoms with Crippen LogP contribution in [0.3, 0.4) is 0 Å². The Hall–Kier alpha value is -6.49. The molecule has 0 spiro atoms. The van der Waals surface area contributed by atoms with Crippen LogP contribution in [0.2, 0.25) is 0 Å². The van der Waals surface area contributed by atoms with E-state index in [4.69, 9.17) is 9.40 Å². The molecular formula is C47H28N2OS. The highest BCUT2D eigenvalue weighted by Crippen LogP contribution is 2.42. The lowest BCUT2D eigenvalue weighted by molar-refractivity contribution is 0.669. The summed E-state index contributed by atoms with van der Waals surface area (Å²) in [7, 11) is 0. The second kappa shape index (κ2) is 11.0. The van der Waals surface area contributed by atoms with Gasteiger partial charge < -0.3 is 8.98 Å². The molecule has 0 unspecified atom stereocenters. The smallest absolute Gasteiger partial charge is 0.137 e. The minimum absolute atomic E-state index is 0.867. The Balaban J connectivity index is 1.02. The molecule has 0 atom stereocenters. The number of para-hydroxylation sites is 1. The molecule has 0 aliphatic heterocycles. The zero-order valence-electron chi connectivity index (χ0n) is 27.4. The van der Waals surface area contributed by atoms with Gasteiger partial charge in [-0.25, -0.2) is 4.98 Å². The van der Waals surface area contributed by atoms with E-state index in [1.54, 1.807) is 11.3 Å². The Labute approximate surface area is 297 Å². The number of hydrogen-bond donors (Lipinski definition) is 0. The van der Waals surface area contributed by atoms with Crippen molar-refractivity contribution in [1.29, 1.82) is 0 Å². The Morgan fingerprint density at radius 2 is 1.14 bits per heavy atom. The van der Waals surface area contributed by atoms with Crippen molar-refractivity contribution >= 4 is 76.1 Å². The van der Waals surface area contributed by atoms with Gasteiger partial charge in [-0.15, -0.1) is 11.3 Å². The van der Waals surface area contributed by atoms with E-state index in [-0.39, 0.29) is 0 Å². The first-order valence-corrected chi connectivity index (χ1v) is 18.0. The summed E-state index contributed by atoms with van der Waals surface area (Å²) in [6, 6.07) is 60.8. The van der Waals surface area contributed by atoms with Crippen molar-refractivity contribution in [3.63, 3.8) is 0 Å². The van der Waals surface area contributed by atoms with Gasteiger partial charge in [-0.05, 0) is 70.1 Å². The van der Waals surface area contributed by atoms with Crippen LogP contribution in [-0.4, -0.2) is 9.55 Å². The Morgan fingerprint density at radius 1 is 0.471 bits per heavy atom. The summed E-state index contributed by atoms with van der Waals surface area (Å²) in [4.78, 5) is 5.23. The number of hydrogen-bond acceptors (Lipinski definition) is 3. The number of rotatable bonds is 4.